The second kappa shape index (κ2) is 4.89. The summed E-state index contributed by atoms with van der Waals surface area (Å²) in [5.74, 6) is -0.0421. The van der Waals surface area contributed by atoms with Gasteiger partial charge < -0.3 is 14.4 Å². The van der Waals surface area contributed by atoms with Gasteiger partial charge in [-0.15, -0.1) is 0 Å². The minimum absolute atomic E-state index is 0.0421. The fraction of sp³-hybridized carbons (Fsp3) is 0.385. The first-order valence-corrected chi connectivity index (χ1v) is 6.18. The monoisotopic (exact) mass is 262 g/mol. The van der Waals surface area contributed by atoms with Gasteiger partial charge >= 0.3 is 6.09 Å². The van der Waals surface area contributed by atoms with Gasteiger partial charge in [-0.1, -0.05) is 0 Å². The van der Waals surface area contributed by atoms with Crippen LogP contribution in [0, 0.1) is 0 Å². The van der Waals surface area contributed by atoms with Crippen LogP contribution in [0.5, 0.6) is 0 Å². The fourth-order valence-corrected chi connectivity index (χ4v) is 2.23. The lowest BCUT2D eigenvalue weighted by Gasteiger charge is -2.27. The first kappa shape index (κ1) is 12.0. The van der Waals surface area contributed by atoms with Crippen LogP contribution in [-0.4, -0.2) is 44.9 Å². The number of carbonyl (C=O) groups excluding carboxylic acids is 2. The Morgan fingerprint density at radius 1 is 0.895 bits per heavy atom. The zero-order chi connectivity index (χ0) is 13.2. The van der Waals surface area contributed by atoms with E-state index < -0.39 is 0 Å². The molecule has 2 saturated heterocycles. The number of morpholine rings is 1. The van der Waals surface area contributed by atoms with Crippen LogP contribution < -0.4 is 9.80 Å². The van der Waals surface area contributed by atoms with E-state index in [1.807, 2.05) is 24.3 Å². The van der Waals surface area contributed by atoms with Gasteiger partial charge in [0.2, 0.25) is 0 Å². The number of anilines is 2. The zero-order valence-electron chi connectivity index (χ0n) is 10.4. The third-order valence-corrected chi connectivity index (χ3v) is 3.22. The quantitative estimate of drug-likeness (QED) is 0.798. The summed E-state index contributed by atoms with van der Waals surface area (Å²) in [5.41, 5.74) is 1.61. The van der Waals surface area contributed by atoms with Crippen LogP contribution in [-0.2, 0) is 14.3 Å². The van der Waals surface area contributed by atoms with Crippen molar-refractivity contribution in [3.8, 4) is 0 Å². The molecule has 3 rings (SSSR count). The molecule has 0 aromatic heterocycles. The van der Waals surface area contributed by atoms with Crippen molar-refractivity contribution in [2.75, 3.05) is 42.7 Å². The van der Waals surface area contributed by atoms with E-state index in [0.29, 0.717) is 26.3 Å². The number of hydrogen-bond acceptors (Lipinski definition) is 4. The molecule has 2 aliphatic rings. The van der Waals surface area contributed by atoms with Crippen molar-refractivity contribution in [2.24, 2.45) is 0 Å². The molecule has 0 unspecified atom stereocenters. The number of hydrogen-bond donors (Lipinski definition) is 0. The molecular weight excluding hydrogens is 248 g/mol. The molecule has 0 radical (unpaired) electrons. The van der Waals surface area contributed by atoms with Crippen LogP contribution >= 0.6 is 0 Å². The second-order valence-corrected chi connectivity index (χ2v) is 4.38. The molecule has 0 spiro atoms. The van der Waals surface area contributed by atoms with Gasteiger partial charge in [-0.2, -0.15) is 0 Å². The van der Waals surface area contributed by atoms with E-state index in [4.69, 9.17) is 9.47 Å². The topological polar surface area (TPSA) is 59.1 Å². The van der Waals surface area contributed by atoms with E-state index in [0.717, 1.165) is 11.4 Å². The summed E-state index contributed by atoms with van der Waals surface area (Å²) < 4.78 is 9.98. The van der Waals surface area contributed by atoms with Crippen LogP contribution in [0.4, 0.5) is 16.2 Å². The molecule has 6 nitrogen and oxygen atoms in total. The van der Waals surface area contributed by atoms with Crippen LogP contribution in [0.2, 0.25) is 0 Å². The first-order valence-electron chi connectivity index (χ1n) is 6.18. The van der Waals surface area contributed by atoms with E-state index in [1.165, 1.54) is 0 Å². The van der Waals surface area contributed by atoms with Gasteiger partial charge in [0.15, 0.2) is 0 Å². The number of carbonyl (C=O) groups is 2. The van der Waals surface area contributed by atoms with Gasteiger partial charge in [0, 0.05) is 17.9 Å². The van der Waals surface area contributed by atoms with Crippen LogP contribution in [0.3, 0.4) is 0 Å². The smallest absolute Gasteiger partial charge is 0.414 e. The van der Waals surface area contributed by atoms with Crippen molar-refractivity contribution < 1.29 is 19.1 Å². The fourth-order valence-electron chi connectivity index (χ4n) is 2.23. The molecule has 0 atom stereocenters. The van der Waals surface area contributed by atoms with Gasteiger partial charge in [-0.25, -0.2) is 4.79 Å². The number of rotatable bonds is 2. The maximum absolute atomic E-state index is 11.7. The van der Waals surface area contributed by atoms with E-state index in [9.17, 15) is 9.59 Å². The SMILES string of the molecule is O=C1COCCN1c1ccc(N2CCOC2=O)cc1. The highest BCUT2D eigenvalue weighted by atomic mass is 16.6. The Morgan fingerprint density at radius 2 is 1.53 bits per heavy atom. The average molecular weight is 262 g/mol. The zero-order valence-corrected chi connectivity index (χ0v) is 10.4. The summed E-state index contributed by atoms with van der Waals surface area (Å²) in [6, 6.07) is 7.32. The molecule has 2 heterocycles. The van der Waals surface area contributed by atoms with Crippen LogP contribution in [0.25, 0.3) is 0 Å². The largest absolute Gasteiger partial charge is 0.447 e. The van der Waals surface area contributed by atoms with Crippen LogP contribution in [0.1, 0.15) is 0 Å². The van der Waals surface area contributed by atoms with Gasteiger partial charge in [-0.05, 0) is 24.3 Å². The van der Waals surface area contributed by atoms with Gasteiger partial charge in [0.05, 0.1) is 13.2 Å². The van der Waals surface area contributed by atoms with Gasteiger partial charge in [0.25, 0.3) is 5.91 Å². The highest BCUT2D eigenvalue weighted by Crippen LogP contribution is 2.23. The Labute approximate surface area is 110 Å². The molecular formula is C13H14N2O4. The Balaban J connectivity index is 1.78. The van der Waals surface area contributed by atoms with Crippen molar-refractivity contribution in [1.82, 2.24) is 0 Å². The minimum atomic E-state index is -0.324. The molecule has 19 heavy (non-hydrogen) atoms. The molecule has 6 heteroatoms. The van der Waals surface area contributed by atoms with Crippen molar-refractivity contribution in [2.45, 2.75) is 0 Å². The summed E-state index contributed by atoms with van der Waals surface area (Å²) >= 11 is 0. The average Bonchev–Trinajstić information content (AvgIpc) is 2.86. The van der Waals surface area contributed by atoms with Crippen molar-refractivity contribution in [1.29, 1.82) is 0 Å². The Hall–Kier alpha value is -2.08. The maximum atomic E-state index is 11.7. The van der Waals surface area contributed by atoms with Crippen molar-refractivity contribution >= 4 is 23.4 Å². The molecule has 2 aliphatic heterocycles. The van der Waals surface area contributed by atoms with Crippen molar-refractivity contribution in [3.63, 3.8) is 0 Å². The molecule has 1 aromatic carbocycles. The lowest BCUT2D eigenvalue weighted by molar-refractivity contribution is -0.125. The Bertz CT molecular complexity index is 500. The van der Waals surface area contributed by atoms with Gasteiger partial charge in [-0.3, -0.25) is 9.69 Å². The first-order chi connectivity index (χ1) is 9.25. The van der Waals surface area contributed by atoms with E-state index in [1.54, 1.807) is 9.80 Å². The third-order valence-electron chi connectivity index (χ3n) is 3.22. The molecule has 2 amide bonds. The minimum Gasteiger partial charge on any atom is -0.447 e. The van der Waals surface area contributed by atoms with Gasteiger partial charge in [0.1, 0.15) is 13.2 Å². The lowest BCUT2D eigenvalue weighted by atomic mass is 10.2. The predicted octanol–water partition coefficient (Wildman–Crippen LogP) is 1.01. The molecule has 0 aliphatic carbocycles. The summed E-state index contributed by atoms with van der Waals surface area (Å²) in [5, 5.41) is 0. The van der Waals surface area contributed by atoms with Crippen LogP contribution in [0.15, 0.2) is 24.3 Å². The Kier molecular flexibility index (Phi) is 3.08. The third kappa shape index (κ3) is 2.26. The Morgan fingerprint density at radius 3 is 2.11 bits per heavy atom. The molecule has 0 bridgehead atoms. The standard InChI is InChI=1S/C13H14N2O4/c16-12-9-18-7-5-14(12)10-1-3-11(4-2-10)15-6-8-19-13(15)17/h1-4H,5-9H2. The summed E-state index contributed by atoms with van der Waals surface area (Å²) in [6.45, 7) is 2.22. The number of cyclic esters (lactones) is 1. The molecule has 100 valence electrons. The molecule has 0 N–H and O–H groups in total. The summed E-state index contributed by atoms with van der Waals surface area (Å²) in [6.07, 6.45) is -0.324. The maximum Gasteiger partial charge on any atom is 0.414 e. The highest BCUT2D eigenvalue weighted by molar-refractivity contribution is 5.95. The lowest BCUT2D eigenvalue weighted by Crippen LogP contribution is -2.41. The highest BCUT2D eigenvalue weighted by Gasteiger charge is 2.24. The van der Waals surface area contributed by atoms with E-state index >= 15 is 0 Å². The number of amides is 2. The molecule has 0 saturated carbocycles. The van der Waals surface area contributed by atoms with E-state index in [-0.39, 0.29) is 18.6 Å². The molecule has 2 fully saturated rings. The van der Waals surface area contributed by atoms with E-state index in [2.05, 4.69) is 0 Å². The number of ether oxygens (including phenoxy) is 2. The molecule has 1 aromatic rings. The summed E-state index contributed by atoms with van der Waals surface area (Å²) in [7, 11) is 0. The normalized spacial score (nSPS) is 19.8. The van der Waals surface area contributed by atoms with Crippen molar-refractivity contribution in [3.05, 3.63) is 24.3 Å². The summed E-state index contributed by atoms with van der Waals surface area (Å²) in [4.78, 5) is 26.4. The number of benzene rings is 1. The number of nitrogens with zero attached hydrogens (tertiary/aromatic N) is 2. The predicted molar refractivity (Wildman–Crippen MR) is 68.3 cm³/mol. The second-order valence-electron chi connectivity index (χ2n) is 4.38.